The number of rotatable bonds is 4. The summed E-state index contributed by atoms with van der Waals surface area (Å²) in [5.74, 6) is 2.70. The van der Waals surface area contributed by atoms with E-state index in [1.54, 1.807) is 6.07 Å². The Morgan fingerprint density at radius 2 is 2.17 bits per heavy atom. The van der Waals surface area contributed by atoms with Gasteiger partial charge >= 0.3 is 0 Å². The molecule has 1 fully saturated rings. The van der Waals surface area contributed by atoms with Crippen LogP contribution in [0.5, 0.6) is 5.88 Å². The third-order valence-corrected chi connectivity index (χ3v) is 3.68. The van der Waals surface area contributed by atoms with Crippen LogP contribution in [0.2, 0.25) is 0 Å². The summed E-state index contributed by atoms with van der Waals surface area (Å²) in [6.07, 6.45) is 7.18. The van der Waals surface area contributed by atoms with E-state index in [1.165, 1.54) is 19.3 Å². The van der Waals surface area contributed by atoms with Gasteiger partial charge in [0.05, 0.1) is 0 Å². The van der Waals surface area contributed by atoms with Crippen LogP contribution in [0.3, 0.4) is 0 Å². The highest BCUT2D eigenvalue weighted by atomic mass is 16.5. The average molecular weight is 249 g/mol. The van der Waals surface area contributed by atoms with Crippen molar-refractivity contribution in [1.29, 1.82) is 0 Å². The van der Waals surface area contributed by atoms with E-state index in [1.807, 2.05) is 6.92 Å². The average Bonchev–Trinajstić information content (AvgIpc) is 2.38. The molecule has 0 radical (unpaired) electrons. The van der Waals surface area contributed by atoms with Gasteiger partial charge in [0.25, 0.3) is 0 Å². The molecular weight excluding hydrogens is 226 g/mol. The van der Waals surface area contributed by atoms with Gasteiger partial charge in [0.15, 0.2) is 0 Å². The van der Waals surface area contributed by atoms with Gasteiger partial charge in [0, 0.05) is 12.5 Å². The van der Waals surface area contributed by atoms with Crippen molar-refractivity contribution in [2.24, 2.45) is 5.92 Å². The number of ether oxygens (including phenoxy) is 1. The predicted molar refractivity (Wildman–Crippen MR) is 72.5 cm³/mol. The summed E-state index contributed by atoms with van der Waals surface area (Å²) >= 11 is 0. The first kappa shape index (κ1) is 13.1. The van der Waals surface area contributed by atoms with Crippen molar-refractivity contribution in [1.82, 2.24) is 9.97 Å². The number of nitrogen functional groups attached to an aromatic ring is 1. The smallest absolute Gasteiger partial charge is 0.218 e. The molecule has 1 aromatic rings. The number of nitrogens with zero attached hydrogens (tertiary/aromatic N) is 2. The van der Waals surface area contributed by atoms with Crippen LogP contribution < -0.4 is 10.5 Å². The molecule has 1 heterocycles. The van der Waals surface area contributed by atoms with Crippen molar-refractivity contribution in [3.8, 4) is 5.88 Å². The zero-order valence-corrected chi connectivity index (χ0v) is 11.4. The molecule has 1 aromatic heterocycles. The number of anilines is 1. The Bertz CT molecular complexity index is 395. The number of aromatic nitrogens is 2. The van der Waals surface area contributed by atoms with Crippen molar-refractivity contribution in [3.63, 3.8) is 0 Å². The summed E-state index contributed by atoms with van der Waals surface area (Å²) in [5.41, 5.74) is 5.76. The first-order valence-corrected chi connectivity index (χ1v) is 7.01. The normalized spacial score (nSPS) is 23.9. The Hall–Kier alpha value is -1.32. The molecule has 100 valence electrons. The van der Waals surface area contributed by atoms with E-state index in [0.29, 0.717) is 17.8 Å². The Kier molecular flexibility index (Phi) is 4.39. The van der Waals surface area contributed by atoms with Crippen LogP contribution in [0.1, 0.15) is 51.8 Å². The van der Waals surface area contributed by atoms with Crippen LogP contribution in [0, 0.1) is 5.92 Å². The van der Waals surface area contributed by atoms with E-state index in [4.69, 9.17) is 10.5 Å². The lowest BCUT2D eigenvalue weighted by atomic mass is 9.85. The van der Waals surface area contributed by atoms with Crippen molar-refractivity contribution in [3.05, 3.63) is 11.9 Å². The van der Waals surface area contributed by atoms with E-state index in [-0.39, 0.29) is 0 Å². The van der Waals surface area contributed by atoms with Crippen molar-refractivity contribution in [2.45, 2.75) is 58.5 Å². The van der Waals surface area contributed by atoms with Crippen LogP contribution in [-0.2, 0) is 6.42 Å². The lowest BCUT2D eigenvalue weighted by molar-refractivity contribution is 0.117. The Labute approximate surface area is 109 Å². The summed E-state index contributed by atoms with van der Waals surface area (Å²) in [6, 6.07) is 1.73. The highest BCUT2D eigenvalue weighted by molar-refractivity contribution is 5.32. The minimum atomic E-state index is 0.294. The molecule has 2 atom stereocenters. The van der Waals surface area contributed by atoms with Gasteiger partial charge in [-0.3, -0.25) is 0 Å². The molecule has 2 unspecified atom stereocenters. The summed E-state index contributed by atoms with van der Waals surface area (Å²) in [4.78, 5) is 8.55. The highest BCUT2D eigenvalue weighted by Crippen LogP contribution is 2.29. The molecular formula is C14H23N3O. The summed E-state index contributed by atoms with van der Waals surface area (Å²) in [6.45, 7) is 4.27. The van der Waals surface area contributed by atoms with E-state index in [2.05, 4.69) is 16.9 Å². The maximum absolute atomic E-state index is 5.98. The molecule has 1 saturated carbocycles. The number of aryl methyl sites for hydroxylation is 1. The van der Waals surface area contributed by atoms with Gasteiger partial charge in [0.2, 0.25) is 5.88 Å². The Balaban J connectivity index is 2.02. The van der Waals surface area contributed by atoms with Crippen LogP contribution >= 0.6 is 0 Å². The second-order valence-corrected chi connectivity index (χ2v) is 5.08. The van der Waals surface area contributed by atoms with Gasteiger partial charge in [-0.05, 0) is 25.2 Å². The SMILES string of the molecule is CCc1nc(N)cc(OC2CCCC(CC)C2)n1. The molecule has 0 bridgehead atoms. The Morgan fingerprint density at radius 1 is 1.33 bits per heavy atom. The summed E-state index contributed by atoms with van der Waals surface area (Å²) in [7, 11) is 0. The first-order valence-electron chi connectivity index (χ1n) is 7.01. The highest BCUT2D eigenvalue weighted by Gasteiger charge is 2.22. The molecule has 4 heteroatoms. The predicted octanol–water partition coefficient (Wildman–Crippen LogP) is 2.97. The molecule has 1 aliphatic rings. The van der Waals surface area contributed by atoms with Crippen molar-refractivity contribution in [2.75, 3.05) is 5.73 Å². The van der Waals surface area contributed by atoms with Gasteiger partial charge in [-0.15, -0.1) is 0 Å². The van der Waals surface area contributed by atoms with Crippen LogP contribution in [0.15, 0.2) is 6.07 Å². The maximum atomic E-state index is 5.98. The molecule has 0 amide bonds. The molecule has 0 saturated heterocycles. The van der Waals surface area contributed by atoms with E-state index in [9.17, 15) is 0 Å². The molecule has 0 aliphatic heterocycles. The minimum Gasteiger partial charge on any atom is -0.474 e. The van der Waals surface area contributed by atoms with Gasteiger partial charge in [-0.2, -0.15) is 4.98 Å². The fourth-order valence-corrected chi connectivity index (χ4v) is 2.60. The zero-order chi connectivity index (χ0) is 13.0. The molecule has 4 nitrogen and oxygen atoms in total. The van der Waals surface area contributed by atoms with E-state index >= 15 is 0 Å². The number of hydrogen-bond donors (Lipinski definition) is 1. The quantitative estimate of drug-likeness (QED) is 0.891. The monoisotopic (exact) mass is 249 g/mol. The lowest BCUT2D eigenvalue weighted by Crippen LogP contribution is -2.25. The fourth-order valence-electron chi connectivity index (χ4n) is 2.60. The third kappa shape index (κ3) is 3.34. The van der Waals surface area contributed by atoms with Gasteiger partial charge in [-0.1, -0.05) is 26.7 Å². The second kappa shape index (κ2) is 6.03. The van der Waals surface area contributed by atoms with Gasteiger partial charge in [0.1, 0.15) is 17.7 Å². The zero-order valence-electron chi connectivity index (χ0n) is 11.4. The maximum Gasteiger partial charge on any atom is 0.218 e. The molecule has 2 N–H and O–H groups in total. The summed E-state index contributed by atoms with van der Waals surface area (Å²) < 4.78 is 5.98. The number of hydrogen-bond acceptors (Lipinski definition) is 4. The third-order valence-electron chi connectivity index (χ3n) is 3.68. The van der Waals surface area contributed by atoms with Crippen LogP contribution in [-0.4, -0.2) is 16.1 Å². The summed E-state index contributed by atoms with van der Waals surface area (Å²) in [5, 5.41) is 0. The minimum absolute atomic E-state index is 0.294. The van der Waals surface area contributed by atoms with Crippen LogP contribution in [0.4, 0.5) is 5.82 Å². The number of nitrogens with two attached hydrogens (primary N) is 1. The van der Waals surface area contributed by atoms with Crippen LogP contribution in [0.25, 0.3) is 0 Å². The molecule has 1 aliphatic carbocycles. The van der Waals surface area contributed by atoms with Gasteiger partial charge < -0.3 is 10.5 Å². The topological polar surface area (TPSA) is 61.0 Å². The largest absolute Gasteiger partial charge is 0.474 e. The second-order valence-electron chi connectivity index (χ2n) is 5.08. The van der Waals surface area contributed by atoms with Gasteiger partial charge in [-0.25, -0.2) is 4.98 Å². The van der Waals surface area contributed by atoms with E-state index in [0.717, 1.165) is 31.0 Å². The fraction of sp³-hybridized carbons (Fsp3) is 0.714. The van der Waals surface area contributed by atoms with Crippen molar-refractivity contribution < 1.29 is 4.74 Å². The standard InChI is InChI=1S/C14H23N3O/c1-3-10-6-5-7-11(8-10)18-14-9-12(15)16-13(4-2)17-14/h9-11H,3-8H2,1-2H3,(H2,15,16,17). The molecule has 2 rings (SSSR count). The van der Waals surface area contributed by atoms with Crippen molar-refractivity contribution >= 4 is 5.82 Å². The molecule has 0 spiro atoms. The lowest BCUT2D eigenvalue weighted by Gasteiger charge is -2.28. The Morgan fingerprint density at radius 3 is 2.89 bits per heavy atom. The van der Waals surface area contributed by atoms with E-state index < -0.39 is 0 Å². The molecule has 18 heavy (non-hydrogen) atoms. The molecule has 0 aromatic carbocycles. The first-order chi connectivity index (χ1) is 8.71.